The lowest BCUT2D eigenvalue weighted by atomic mass is 9.85. The lowest BCUT2D eigenvalue weighted by Gasteiger charge is -2.21. The lowest BCUT2D eigenvalue weighted by Crippen LogP contribution is -2.12. The second-order valence-corrected chi connectivity index (χ2v) is 7.53. The summed E-state index contributed by atoms with van der Waals surface area (Å²) >= 11 is 7.33. The number of halogens is 1. The molecule has 126 valence electrons. The van der Waals surface area contributed by atoms with Gasteiger partial charge in [-0.05, 0) is 42.9 Å². The van der Waals surface area contributed by atoms with Crippen molar-refractivity contribution in [1.29, 1.82) is 0 Å². The molecule has 0 spiro atoms. The third-order valence-corrected chi connectivity index (χ3v) is 5.68. The fourth-order valence-corrected chi connectivity index (χ4v) is 4.31. The number of hydrogen-bond donors (Lipinski definition) is 1. The van der Waals surface area contributed by atoms with Gasteiger partial charge in [0.05, 0.1) is 11.3 Å². The number of fused-ring (bicyclic) bond motifs is 1. The highest BCUT2D eigenvalue weighted by atomic mass is 35.5. The fourth-order valence-electron chi connectivity index (χ4n) is 3.12. The first-order chi connectivity index (χ1) is 12.2. The predicted octanol–water partition coefficient (Wildman–Crippen LogP) is 4.72. The molecule has 0 aliphatic heterocycles. The number of nitrogens with zero attached hydrogens (tertiary/aromatic N) is 2. The first-order valence-corrected chi connectivity index (χ1v) is 9.35. The van der Waals surface area contributed by atoms with Gasteiger partial charge in [-0.1, -0.05) is 41.9 Å². The molecular weight excluding hydrogens is 354 g/mol. The summed E-state index contributed by atoms with van der Waals surface area (Å²) in [6.45, 7) is 0. The number of nitrogens with one attached hydrogen (secondary N) is 1. The van der Waals surface area contributed by atoms with Crippen molar-refractivity contribution in [3.05, 3.63) is 75.5 Å². The Morgan fingerprint density at radius 1 is 1.20 bits per heavy atom. The minimum atomic E-state index is -0.213. The highest BCUT2D eigenvalue weighted by Crippen LogP contribution is 2.37. The van der Waals surface area contributed by atoms with E-state index in [1.807, 2.05) is 6.07 Å². The summed E-state index contributed by atoms with van der Waals surface area (Å²) in [6, 6.07) is 13.9. The summed E-state index contributed by atoms with van der Waals surface area (Å²) in [5.74, 6) is 0.313. The van der Waals surface area contributed by atoms with Gasteiger partial charge in [-0.15, -0.1) is 11.3 Å². The number of carbonyl (C=O) groups excluding carboxylic acids is 1. The van der Waals surface area contributed by atoms with Crippen LogP contribution in [0.3, 0.4) is 0 Å². The summed E-state index contributed by atoms with van der Waals surface area (Å²) < 4.78 is 0. The van der Waals surface area contributed by atoms with Crippen LogP contribution >= 0.6 is 22.9 Å². The molecule has 2 heterocycles. The van der Waals surface area contributed by atoms with Gasteiger partial charge in [0.2, 0.25) is 0 Å². The minimum absolute atomic E-state index is 0.213. The maximum absolute atomic E-state index is 12.3. The van der Waals surface area contributed by atoms with Crippen molar-refractivity contribution in [3.8, 4) is 0 Å². The zero-order valence-electron chi connectivity index (χ0n) is 13.4. The number of anilines is 1. The molecular formula is C19H16ClN3OS. The maximum Gasteiger partial charge on any atom is 0.259 e. The van der Waals surface area contributed by atoms with E-state index in [1.54, 1.807) is 23.5 Å². The van der Waals surface area contributed by atoms with E-state index >= 15 is 0 Å². The number of aryl methyl sites for hydroxylation is 1. The summed E-state index contributed by atoms with van der Waals surface area (Å²) in [4.78, 5) is 22.1. The van der Waals surface area contributed by atoms with E-state index in [0.29, 0.717) is 21.8 Å². The Morgan fingerprint density at radius 2 is 2.04 bits per heavy atom. The van der Waals surface area contributed by atoms with Crippen LogP contribution < -0.4 is 5.32 Å². The van der Waals surface area contributed by atoms with Crippen molar-refractivity contribution in [3.63, 3.8) is 0 Å². The van der Waals surface area contributed by atoms with E-state index < -0.39 is 0 Å². The average molecular weight is 370 g/mol. The van der Waals surface area contributed by atoms with Gasteiger partial charge >= 0.3 is 0 Å². The monoisotopic (exact) mass is 369 g/mol. The van der Waals surface area contributed by atoms with Crippen LogP contribution in [0.25, 0.3) is 0 Å². The molecule has 2 aromatic heterocycles. The normalized spacial score (nSPS) is 16.3. The second-order valence-electron chi connectivity index (χ2n) is 6.06. The number of amides is 1. The molecule has 1 aliphatic carbocycles. The van der Waals surface area contributed by atoms with Crippen molar-refractivity contribution in [2.24, 2.45) is 0 Å². The molecule has 0 radical (unpaired) electrons. The third kappa shape index (κ3) is 3.57. The van der Waals surface area contributed by atoms with Crippen LogP contribution in [0.2, 0.25) is 5.15 Å². The molecule has 1 aromatic carbocycles. The molecule has 0 bridgehead atoms. The SMILES string of the molecule is O=C(Nc1nc2c(s1)CC(c1ccccc1)CC2)c1ccc(Cl)nc1. The molecule has 0 saturated heterocycles. The van der Waals surface area contributed by atoms with Crippen LogP contribution in [-0.2, 0) is 12.8 Å². The predicted molar refractivity (Wildman–Crippen MR) is 101 cm³/mol. The molecule has 0 fully saturated rings. The molecule has 3 aromatic rings. The van der Waals surface area contributed by atoms with Gasteiger partial charge in [0.15, 0.2) is 5.13 Å². The van der Waals surface area contributed by atoms with Crippen LogP contribution in [0.1, 0.15) is 38.8 Å². The molecule has 1 N–H and O–H groups in total. The maximum atomic E-state index is 12.3. The number of pyridine rings is 1. The Balaban J connectivity index is 1.48. The molecule has 1 amide bonds. The number of carbonyl (C=O) groups is 1. The number of rotatable bonds is 3. The van der Waals surface area contributed by atoms with Crippen LogP contribution in [0.5, 0.6) is 0 Å². The summed E-state index contributed by atoms with van der Waals surface area (Å²) in [5, 5.41) is 3.90. The van der Waals surface area contributed by atoms with Crippen molar-refractivity contribution in [2.75, 3.05) is 5.32 Å². The largest absolute Gasteiger partial charge is 0.298 e. The van der Waals surface area contributed by atoms with Gasteiger partial charge in [-0.25, -0.2) is 9.97 Å². The third-order valence-electron chi connectivity index (χ3n) is 4.42. The van der Waals surface area contributed by atoms with Crippen LogP contribution in [0.4, 0.5) is 5.13 Å². The number of benzene rings is 1. The first-order valence-electron chi connectivity index (χ1n) is 8.15. The van der Waals surface area contributed by atoms with Crippen molar-refractivity contribution < 1.29 is 4.79 Å². The van der Waals surface area contributed by atoms with E-state index in [2.05, 4.69) is 39.6 Å². The van der Waals surface area contributed by atoms with E-state index in [0.717, 1.165) is 25.0 Å². The number of hydrogen-bond acceptors (Lipinski definition) is 4. The smallest absolute Gasteiger partial charge is 0.259 e. The standard InChI is InChI=1S/C19H16ClN3OS/c20-17-9-7-14(11-21-17)18(24)23-19-22-15-8-6-13(10-16(15)25-19)12-4-2-1-3-5-12/h1-5,7,9,11,13H,6,8,10H2,(H,22,23,24). The molecule has 4 nitrogen and oxygen atoms in total. The second kappa shape index (κ2) is 6.94. The van der Waals surface area contributed by atoms with E-state index in [4.69, 9.17) is 11.6 Å². The van der Waals surface area contributed by atoms with E-state index in [9.17, 15) is 4.79 Å². The number of aromatic nitrogens is 2. The van der Waals surface area contributed by atoms with Crippen LogP contribution in [0, 0.1) is 0 Å². The summed E-state index contributed by atoms with van der Waals surface area (Å²) in [6.07, 6.45) is 4.49. The lowest BCUT2D eigenvalue weighted by molar-refractivity contribution is 0.102. The van der Waals surface area contributed by atoms with Crippen LogP contribution in [-0.4, -0.2) is 15.9 Å². The van der Waals surface area contributed by atoms with E-state index in [-0.39, 0.29) is 5.91 Å². The van der Waals surface area contributed by atoms with Crippen molar-refractivity contribution in [2.45, 2.75) is 25.2 Å². The molecule has 0 saturated carbocycles. The van der Waals surface area contributed by atoms with E-state index in [1.165, 1.54) is 16.6 Å². The Bertz CT molecular complexity index is 893. The van der Waals surface area contributed by atoms with Crippen molar-refractivity contribution in [1.82, 2.24) is 9.97 Å². The minimum Gasteiger partial charge on any atom is -0.298 e. The zero-order valence-corrected chi connectivity index (χ0v) is 15.0. The van der Waals surface area contributed by atoms with Gasteiger partial charge < -0.3 is 0 Å². The van der Waals surface area contributed by atoms with Crippen LogP contribution in [0.15, 0.2) is 48.7 Å². The summed E-state index contributed by atoms with van der Waals surface area (Å²) in [5.41, 5.74) is 2.96. The Morgan fingerprint density at radius 3 is 2.80 bits per heavy atom. The zero-order chi connectivity index (χ0) is 17.2. The highest BCUT2D eigenvalue weighted by Gasteiger charge is 2.24. The van der Waals surface area contributed by atoms with Gasteiger partial charge in [-0.2, -0.15) is 0 Å². The van der Waals surface area contributed by atoms with Crippen molar-refractivity contribution >= 4 is 34.0 Å². The Labute approximate surface area is 154 Å². The Kier molecular flexibility index (Phi) is 4.51. The molecule has 1 atom stereocenters. The van der Waals surface area contributed by atoms with Gasteiger partial charge in [-0.3, -0.25) is 10.1 Å². The first kappa shape index (κ1) is 16.2. The summed E-state index contributed by atoms with van der Waals surface area (Å²) in [7, 11) is 0. The van der Waals surface area contributed by atoms with Gasteiger partial charge in [0.25, 0.3) is 5.91 Å². The number of thiazole rings is 1. The molecule has 6 heteroatoms. The highest BCUT2D eigenvalue weighted by molar-refractivity contribution is 7.15. The molecule has 1 aliphatic rings. The van der Waals surface area contributed by atoms with Gasteiger partial charge in [0.1, 0.15) is 5.15 Å². The molecule has 1 unspecified atom stereocenters. The molecule has 25 heavy (non-hydrogen) atoms. The average Bonchev–Trinajstić information content (AvgIpc) is 3.04. The quantitative estimate of drug-likeness (QED) is 0.680. The van der Waals surface area contributed by atoms with Gasteiger partial charge in [0, 0.05) is 11.1 Å². The fraction of sp³-hybridized carbons (Fsp3) is 0.211. The molecule has 4 rings (SSSR count). The Hall–Kier alpha value is -2.24. The topological polar surface area (TPSA) is 54.9 Å².